The third-order valence-corrected chi connectivity index (χ3v) is 2.89. The number of nitrogens with one attached hydrogen (secondary N) is 1. The van der Waals surface area contributed by atoms with Gasteiger partial charge in [-0.3, -0.25) is 5.10 Å². The molecule has 2 aromatic rings. The summed E-state index contributed by atoms with van der Waals surface area (Å²) in [4.78, 5) is 4.50. The molecule has 0 aliphatic rings. The zero-order chi connectivity index (χ0) is 13.9. The standard InChI is InChI=1S/C15H22N4/c1-15(2,3)10-12(16)9-13-17-14(19-18-13)11-7-5-4-6-8-11/h4-8,12H,9-10,16H2,1-3H3,(H,17,18,19). The highest BCUT2D eigenvalue weighted by Gasteiger charge is 2.17. The van der Waals surface area contributed by atoms with Gasteiger partial charge in [0.05, 0.1) is 0 Å². The molecule has 0 aliphatic carbocycles. The van der Waals surface area contributed by atoms with Crippen molar-refractivity contribution in [1.29, 1.82) is 0 Å². The smallest absolute Gasteiger partial charge is 0.181 e. The molecule has 1 unspecified atom stereocenters. The van der Waals surface area contributed by atoms with Crippen molar-refractivity contribution >= 4 is 0 Å². The second-order valence-electron chi connectivity index (χ2n) is 6.20. The van der Waals surface area contributed by atoms with E-state index in [0.717, 1.165) is 30.1 Å². The predicted molar refractivity (Wildman–Crippen MR) is 77.6 cm³/mol. The van der Waals surface area contributed by atoms with Gasteiger partial charge >= 0.3 is 0 Å². The minimum Gasteiger partial charge on any atom is -0.327 e. The van der Waals surface area contributed by atoms with Crippen LogP contribution in [-0.4, -0.2) is 21.2 Å². The summed E-state index contributed by atoms with van der Waals surface area (Å²) < 4.78 is 0. The van der Waals surface area contributed by atoms with Gasteiger partial charge in [0.25, 0.3) is 0 Å². The van der Waals surface area contributed by atoms with Crippen molar-refractivity contribution < 1.29 is 0 Å². The van der Waals surface area contributed by atoms with E-state index in [-0.39, 0.29) is 11.5 Å². The summed E-state index contributed by atoms with van der Waals surface area (Å²) in [5.74, 6) is 1.59. The van der Waals surface area contributed by atoms with Gasteiger partial charge in [0.1, 0.15) is 5.82 Å². The molecule has 0 amide bonds. The molecule has 1 aromatic carbocycles. The van der Waals surface area contributed by atoms with Crippen molar-refractivity contribution in [1.82, 2.24) is 15.2 Å². The highest BCUT2D eigenvalue weighted by atomic mass is 15.2. The van der Waals surface area contributed by atoms with Crippen molar-refractivity contribution in [2.45, 2.75) is 39.7 Å². The molecule has 1 aromatic heterocycles. The minimum atomic E-state index is 0.108. The van der Waals surface area contributed by atoms with Gasteiger partial charge in [0.2, 0.25) is 0 Å². The van der Waals surface area contributed by atoms with Crippen molar-refractivity contribution in [3.8, 4) is 11.4 Å². The van der Waals surface area contributed by atoms with Crippen LogP contribution in [0.1, 0.15) is 33.0 Å². The molecule has 4 heteroatoms. The van der Waals surface area contributed by atoms with E-state index in [0.29, 0.717) is 0 Å². The van der Waals surface area contributed by atoms with Gasteiger partial charge in [-0.1, -0.05) is 51.1 Å². The van der Waals surface area contributed by atoms with Gasteiger partial charge in [0.15, 0.2) is 5.82 Å². The quantitative estimate of drug-likeness (QED) is 0.886. The summed E-state index contributed by atoms with van der Waals surface area (Å²) in [6.45, 7) is 6.59. The molecule has 3 N–H and O–H groups in total. The zero-order valence-corrected chi connectivity index (χ0v) is 11.9. The molecule has 102 valence electrons. The van der Waals surface area contributed by atoms with E-state index < -0.39 is 0 Å². The fourth-order valence-corrected chi connectivity index (χ4v) is 2.21. The second kappa shape index (κ2) is 5.53. The first-order valence-electron chi connectivity index (χ1n) is 6.66. The number of aromatic amines is 1. The lowest BCUT2D eigenvalue weighted by Crippen LogP contribution is -2.28. The van der Waals surface area contributed by atoms with Crippen LogP contribution in [0, 0.1) is 5.41 Å². The average Bonchev–Trinajstić information content (AvgIpc) is 2.76. The van der Waals surface area contributed by atoms with Crippen molar-refractivity contribution in [2.24, 2.45) is 11.1 Å². The average molecular weight is 258 g/mol. The molecule has 0 bridgehead atoms. The summed E-state index contributed by atoms with van der Waals surface area (Å²) in [7, 11) is 0. The van der Waals surface area contributed by atoms with E-state index in [9.17, 15) is 0 Å². The molecule has 0 saturated carbocycles. The summed E-state index contributed by atoms with van der Waals surface area (Å²) in [5.41, 5.74) is 7.41. The molecular weight excluding hydrogens is 236 g/mol. The summed E-state index contributed by atoms with van der Waals surface area (Å²) in [6, 6.07) is 10.1. The van der Waals surface area contributed by atoms with E-state index in [4.69, 9.17) is 5.73 Å². The van der Waals surface area contributed by atoms with E-state index in [2.05, 4.69) is 36.0 Å². The van der Waals surface area contributed by atoms with Gasteiger partial charge < -0.3 is 5.73 Å². The summed E-state index contributed by atoms with van der Waals surface area (Å²) in [6.07, 6.45) is 1.70. The van der Waals surface area contributed by atoms with E-state index in [1.807, 2.05) is 30.3 Å². The highest BCUT2D eigenvalue weighted by molar-refractivity contribution is 5.53. The van der Waals surface area contributed by atoms with Gasteiger partial charge in [0, 0.05) is 18.0 Å². The summed E-state index contributed by atoms with van der Waals surface area (Å²) in [5, 5.41) is 7.22. The number of hydrogen-bond donors (Lipinski definition) is 2. The van der Waals surface area contributed by atoms with E-state index in [1.165, 1.54) is 0 Å². The Morgan fingerprint density at radius 2 is 1.89 bits per heavy atom. The first-order valence-corrected chi connectivity index (χ1v) is 6.66. The Labute approximate surface area is 114 Å². The zero-order valence-electron chi connectivity index (χ0n) is 11.9. The normalized spacial score (nSPS) is 13.5. The van der Waals surface area contributed by atoms with Crippen LogP contribution in [0.4, 0.5) is 0 Å². The lowest BCUT2D eigenvalue weighted by molar-refractivity contribution is 0.336. The van der Waals surface area contributed by atoms with Crippen molar-refractivity contribution in [3.05, 3.63) is 36.2 Å². The maximum Gasteiger partial charge on any atom is 0.181 e. The van der Waals surface area contributed by atoms with Crippen LogP contribution in [0.2, 0.25) is 0 Å². The number of nitrogens with zero attached hydrogens (tertiary/aromatic N) is 2. The van der Waals surface area contributed by atoms with E-state index in [1.54, 1.807) is 0 Å². The van der Waals surface area contributed by atoms with E-state index >= 15 is 0 Å². The Kier molecular flexibility index (Phi) is 4.00. The molecular formula is C15H22N4. The number of nitrogens with two attached hydrogens (primary N) is 1. The first-order chi connectivity index (χ1) is 8.94. The third kappa shape index (κ3) is 4.17. The molecule has 0 radical (unpaired) electrons. The molecule has 0 spiro atoms. The number of benzene rings is 1. The highest BCUT2D eigenvalue weighted by Crippen LogP contribution is 2.21. The molecule has 0 saturated heterocycles. The van der Waals surface area contributed by atoms with Gasteiger partial charge in [-0.05, 0) is 11.8 Å². The lowest BCUT2D eigenvalue weighted by atomic mass is 9.87. The monoisotopic (exact) mass is 258 g/mol. The second-order valence-corrected chi connectivity index (χ2v) is 6.20. The van der Waals surface area contributed by atoms with Crippen LogP contribution >= 0.6 is 0 Å². The van der Waals surface area contributed by atoms with Gasteiger partial charge in [-0.15, -0.1) is 0 Å². The number of H-pyrrole nitrogens is 1. The number of hydrogen-bond acceptors (Lipinski definition) is 3. The molecule has 1 heterocycles. The molecule has 4 nitrogen and oxygen atoms in total. The van der Waals surface area contributed by atoms with Gasteiger partial charge in [-0.25, -0.2) is 4.98 Å². The van der Waals surface area contributed by atoms with Crippen molar-refractivity contribution in [2.75, 3.05) is 0 Å². The SMILES string of the molecule is CC(C)(C)CC(N)Cc1nc(-c2ccccc2)n[nH]1. The van der Waals surface area contributed by atoms with Crippen LogP contribution < -0.4 is 5.73 Å². The van der Waals surface area contributed by atoms with Crippen molar-refractivity contribution in [3.63, 3.8) is 0 Å². The first kappa shape index (κ1) is 13.7. The van der Waals surface area contributed by atoms with Crippen LogP contribution in [0.5, 0.6) is 0 Å². The third-order valence-electron chi connectivity index (χ3n) is 2.89. The van der Waals surface area contributed by atoms with Crippen LogP contribution in [0.3, 0.4) is 0 Å². The maximum absolute atomic E-state index is 6.15. The fraction of sp³-hybridized carbons (Fsp3) is 0.467. The maximum atomic E-state index is 6.15. The Morgan fingerprint density at radius 3 is 2.53 bits per heavy atom. The lowest BCUT2D eigenvalue weighted by Gasteiger charge is -2.22. The summed E-state index contributed by atoms with van der Waals surface area (Å²) >= 11 is 0. The Morgan fingerprint density at radius 1 is 1.21 bits per heavy atom. The largest absolute Gasteiger partial charge is 0.327 e. The predicted octanol–water partition coefficient (Wildman–Crippen LogP) is 2.78. The Bertz CT molecular complexity index is 510. The molecule has 19 heavy (non-hydrogen) atoms. The Balaban J connectivity index is 2.02. The minimum absolute atomic E-state index is 0.108. The molecule has 1 atom stereocenters. The molecule has 0 fully saturated rings. The van der Waals surface area contributed by atoms with Crippen LogP contribution in [0.15, 0.2) is 30.3 Å². The van der Waals surface area contributed by atoms with Gasteiger partial charge in [-0.2, -0.15) is 5.10 Å². The molecule has 0 aliphatic heterocycles. The van der Waals surface area contributed by atoms with Crippen LogP contribution in [-0.2, 0) is 6.42 Å². The Hall–Kier alpha value is -1.68. The molecule has 2 rings (SSSR count). The topological polar surface area (TPSA) is 67.6 Å². The fourth-order valence-electron chi connectivity index (χ4n) is 2.21. The number of rotatable bonds is 4. The van der Waals surface area contributed by atoms with Crippen LogP contribution in [0.25, 0.3) is 11.4 Å². The number of aromatic nitrogens is 3.